The molecule has 2 N–H and O–H groups in total. The fraction of sp³-hybridized carbons (Fsp3) is 0.429. The van der Waals surface area contributed by atoms with Crippen LogP contribution >= 0.6 is 0 Å². The minimum Gasteiger partial charge on any atom is -0.496 e. The van der Waals surface area contributed by atoms with E-state index in [1.165, 1.54) is 19.2 Å². The molecule has 106 valence electrons. The zero-order valence-electron chi connectivity index (χ0n) is 11.2. The summed E-state index contributed by atoms with van der Waals surface area (Å²) < 4.78 is 23.9. The van der Waals surface area contributed by atoms with Gasteiger partial charge < -0.3 is 15.0 Å². The van der Waals surface area contributed by atoms with E-state index in [0.29, 0.717) is 23.0 Å². The quantitative estimate of drug-likeness (QED) is 0.932. The zero-order valence-corrected chi connectivity index (χ0v) is 11.2. The Morgan fingerprint density at radius 1 is 1.40 bits per heavy atom. The molecule has 5 nitrogen and oxygen atoms in total. The van der Waals surface area contributed by atoms with Crippen molar-refractivity contribution in [3.05, 3.63) is 29.9 Å². The summed E-state index contributed by atoms with van der Waals surface area (Å²) in [5, 5.41) is 3.93. The summed E-state index contributed by atoms with van der Waals surface area (Å²) in [6.45, 7) is 0. The molecule has 1 heterocycles. The van der Waals surface area contributed by atoms with Crippen molar-refractivity contribution in [1.29, 1.82) is 0 Å². The highest BCUT2D eigenvalue weighted by Gasteiger charge is 2.30. The normalized spacial score (nSPS) is 22.1. The summed E-state index contributed by atoms with van der Waals surface area (Å²) in [6.07, 6.45) is 2.97. The standard InChI is InChI=1S/C14H16FN3O2/c1-19-12-6-5-8(15)7-10(12)13-17-14(20-18-13)9-3-2-4-11(9)16/h5-7,9,11H,2-4,16H2,1H3. The molecule has 0 bridgehead atoms. The number of ether oxygens (including phenoxy) is 1. The summed E-state index contributed by atoms with van der Waals surface area (Å²) in [4.78, 5) is 4.36. The van der Waals surface area contributed by atoms with E-state index in [0.717, 1.165) is 19.3 Å². The molecule has 20 heavy (non-hydrogen) atoms. The van der Waals surface area contributed by atoms with E-state index in [2.05, 4.69) is 10.1 Å². The van der Waals surface area contributed by atoms with Gasteiger partial charge in [-0.05, 0) is 31.0 Å². The summed E-state index contributed by atoms with van der Waals surface area (Å²) in [7, 11) is 1.52. The van der Waals surface area contributed by atoms with Crippen LogP contribution in [0.2, 0.25) is 0 Å². The van der Waals surface area contributed by atoms with E-state index in [4.69, 9.17) is 15.0 Å². The largest absolute Gasteiger partial charge is 0.496 e. The van der Waals surface area contributed by atoms with Crippen LogP contribution in [0.15, 0.2) is 22.7 Å². The van der Waals surface area contributed by atoms with Gasteiger partial charge in [0.15, 0.2) is 0 Å². The van der Waals surface area contributed by atoms with Gasteiger partial charge in [0.25, 0.3) is 0 Å². The van der Waals surface area contributed by atoms with Crippen molar-refractivity contribution in [2.75, 3.05) is 7.11 Å². The number of nitrogens with zero attached hydrogens (tertiary/aromatic N) is 2. The molecule has 1 saturated carbocycles. The molecule has 2 atom stereocenters. The number of halogens is 1. The minimum absolute atomic E-state index is 0.0534. The molecule has 1 aliphatic rings. The Kier molecular flexibility index (Phi) is 3.40. The van der Waals surface area contributed by atoms with Gasteiger partial charge in [-0.1, -0.05) is 11.6 Å². The molecule has 2 aromatic rings. The summed E-state index contributed by atoms with van der Waals surface area (Å²) in [5.74, 6) is 1.08. The Morgan fingerprint density at radius 2 is 2.25 bits per heavy atom. The van der Waals surface area contributed by atoms with Gasteiger partial charge in [-0.2, -0.15) is 4.98 Å². The highest BCUT2D eigenvalue weighted by molar-refractivity contribution is 5.63. The van der Waals surface area contributed by atoms with Crippen molar-refractivity contribution >= 4 is 0 Å². The Bertz CT molecular complexity index is 614. The SMILES string of the molecule is COc1ccc(F)cc1-c1noc(C2CCCC2N)n1. The number of aromatic nitrogens is 2. The second kappa shape index (κ2) is 5.20. The molecule has 1 fully saturated rings. The average molecular weight is 277 g/mol. The van der Waals surface area contributed by atoms with Crippen LogP contribution in [0.3, 0.4) is 0 Å². The number of benzene rings is 1. The Hall–Kier alpha value is -1.95. The molecule has 0 radical (unpaired) electrons. The topological polar surface area (TPSA) is 74.2 Å². The van der Waals surface area contributed by atoms with E-state index in [1.807, 2.05) is 0 Å². The monoisotopic (exact) mass is 277 g/mol. The predicted octanol–water partition coefficient (Wildman–Crippen LogP) is 2.48. The molecule has 1 aromatic carbocycles. The van der Waals surface area contributed by atoms with Crippen LogP contribution in [0.25, 0.3) is 11.4 Å². The third-order valence-corrected chi connectivity index (χ3v) is 3.73. The third-order valence-electron chi connectivity index (χ3n) is 3.73. The van der Waals surface area contributed by atoms with Crippen LogP contribution < -0.4 is 10.5 Å². The molecule has 2 unspecified atom stereocenters. The Labute approximate surface area is 115 Å². The molecule has 1 aliphatic carbocycles. The van der Waals surface area contributed by atoms with E-state index in [1.54, 1.807) is 6.07 Å². The van der Waals surface area contributed by atoms with Crippen molar-refractivity contribution in [2.24, 2.45) is 5.73 Å². The summed E-state index contributed by atoms with van der Waals surface area (Å²) >= 11 is 0. The van der Waals surface area contributed by atoms with Crippen molar-refractivity contribution in [1.82, 2.24) is 10.1 Å². The third kappa shape index (κ3) is 2.27. The van der Waals surface area contributed by atoms with Gasteiger partial charge in [0.05, 0.1) is 18.6 Å². The molecule has 0 spiro atoms. The van der Waals surface area contributed by atoms with E-state index in [-0.39, 0.29) is 17.8 Å². The first-order valence-electron chi connectivity index (χ1n) is 6.62. The van der Waals surface area contributed by atoms with Gasteiger partial charge in [0, 0.05) is 6.04 Å². The van der Waals surface area contributed by atoms with Gasteiger partial charge >= 0.3 is 0 Å². The lowest BCUT2D eigenvalue weighted by Crippen LogP contribution is -2.22. The van der Waals surface area contributed by atoms with Crippen LogP contribution in [0, 0.1) is 5.82 Å². The van der Waals surface area contributed by atoms with Crippen LogP contribution in [-0.2, 0) is 0 Å². The minimum atomic E-state index is -0.371. The number of hydrogen-bond acceptors (Lipinski definition) is 5. The summed E-state index contributed by atoms with van der Waals surface area (Å²) in [5.41, 5.74) is 6.51. The smallest absolute Gasteiger partial charge is 0.231 e. The highest BCUT2D eigenvalue weighted by atomic mass is 19.1. The summed E-state index contributed by atoms with van der Waals surface area (Å²) in [6, 6.07) is 4.26. The number of nitrogens with two attached hydrogens (primary N) is 1. The molecule has 0 aliphatic heterocycles. The van der Waals surface area contributed by atoms with Crippen LogP contribution in [0.4, 0.5) is 4.39 Å². The maximum atomic E-state index is 13.4. The van der Waals surface area contributed by atoms with Crippen molar-refractivity contribution in [2.45, 2.75) is 31.2 Å². The van der Waals surface area contributed by atoms with Gasteiger partial charge in [-0.3, -0.25) is 0 Å². The molecule has 6 heteroatoms. The number of hydrogen-bond donors (Lipinski definition) is 1. The van der Waals surface area contributed by atoms with Crippen molar-refractivity contribution < 1.29 is 13.7 Å². The first-order valence-corrected chi connectivity index (χ1v) is 6.62. The van der Waals surface area contributed by atoms with E-state index < -0.39 is 0 Å². The van der Waals surface area contributed by atoms with E-state index >= 15 is 0 Å². The van der Waals surface area contributed by atoms with Crippen LogP contribution in [-0.4, -0.2) is 23.3 Å². The predicted molar refractivity (Wildman–Crippen MR) is 70.8 cm³/mol. The molecule has 0 amide bonds. The average Bonchev–Trinajstić information content (AvgIpc) is 3.07. The van der Waals surface area contributed by atoms with Gasteiger partial charge in [-0.25, -0.2) is 4.39 Å². The van der Waals surface area contributed by atoms with Crippen molar-refractivity contribution in [3.63, 3.8) is 0 Å². The van der Waals surface area contributed by atoms with Crippen molar-refractivity contribution in [3.8, 4) is 17.1 Å². The van der Waals surface area contributed by atoms with E-state index in [9.17, 15) is 4.39 Å². The number of rotatable bonds is 3. The number of methoxy groups -OCH3 is 1. The molecular formula is C14H16FN3O2. The van der Waals surface area contributed by atoms with Gasteiger partial charge in [0.2, 0.25) is 11.7 Å². The fourth-order valence-electron chi connectivity index (χ4n) is 2.65. The maximum Gasteiger partial charge on any atom is 0.231 e. The lowest BCUT2D eigenvalue weighted by atomic mass is 10.0. The first kappa shape index (κ1) is 13.1. The second-order valence-electron chi connectivity index (χ2n) is 5.00. The molecule has 1 aromatic heterocycles. The second-order valence-corrected chi connectivity index (χ2v) is 5.00. The molecular weight excluding hydrogens is 261 g/mol. The maximum absolute atomic E-state index is 13.4. The zero-order chi connectivity index (χ0) is 14.1. The molecule has 3 rings (SSSR count). The lowest BCUT2D eigenvalue weighted by Gasteiger charge is -2.09. The first-order chi connectivity index (χ1) is 9.69. The molecule has 0 saturated heterocycles. The van der Waals surface area contributed by atoms with Crippen LogP contribution in [0.5, 0.6) is 5.75 Å². The van der Waals surface area contributed by atoms with Gasteiger partial charge in [0.1, 0.15) is 11.6 Å². The van der Waals surface area contributed by atoms with Crippen LogP contribution in [0.1, 0.15) is 31.1 Å². The lowest BCUT2D eigenvalue weighted by molar-refractivity contribution is 0.345. The Balaban J connectivity index is 1.95. The van der Waals surface area contributed by atoms with Gasteiger partial charge in [-0.15, -0.1) is 0 Å². The Morgan fingerprint density at radius 3 is 2.95 bits per heavy atom. The highest BCUT2D eigenvalue weighted by Crippen LogP contribution is 2.34. The fourth-order valence-corrected chi connectivity index (χ4v) is 2.65.